The molecule has 2 aliphatic rings. The molecule has 0 amide bonds. The van der Waals surface area contributed by atoms with Crippen LogP contribution in [0, 0.1) is 5.82 Å². The molecule has 0 spiro atoms. The fraction of sp³-hybridized carbons (Fsp3) is 0.167. The van der Waals surface area contributed by atoms with Crippen LogP contribution in [0.2, 0.25) is 0 Å². The Labute approximate surface area is 148 Å². The van der Waals surface area contributed by atoms with Crippen LogP contribution in [-0.2, 0) is 16.4 Å². The van der Waals surface area contributed by atoms with Crippen LogP contribution in [0.25, 0.3) is 10.9 Å². The molecule has 0 fully saturated rings. The summed E-state index contributed by atoms with van der Waals surface area (Å²) in [5, 5.41) is 0.785. The van der Waals surface area contributed by atoms with Gasteiger partial charge in [0.2, 0.25) is 6.79 Å². The molecule has 0 aliphatic carbocycles. The van der Waals surface area contributed by atoms with Crippen molar-refractivity contribution in [3.8, 4) is 11.5 Å². The second-order valence-electron chi connectivity index (χ2n) is 6.15. The number of rotatable bonds is 2. The SMILES string of the molecule is O=S(=O)(c1ccc2c(c1)OCO2)N1CCc2cc3ccc(F)cc3nc21. The zero-order valence-electron chi connectivity index (χ0n) is 13.5. The van der Waals surface area contributed by atoms with Crippen LogP contribution in [0.1, 0.15) is 5.56 Å². The number of ether oxygens (including phenoxy) is 2. The smallest absolute Gasteiger partial charge is 0.265 e. The molecule has 3 heterocycles. The molecule has 0 radical (unpaired) electrons. The van der Waals surface area contributed by atoms with Crippen molar-refractivity contribution in [2.75, 3.05) is 17.6 Å². The van der Waals surface area contributed by atoms with E-state index >= 15 is 0 Å². The molecule has 132 valence electrons. The fourth-order valence-corrected chi connectivity index (χ4v) is 4.77. The van der Waals surface area contributed by atoms with E-state index in [1.54, 1.807) is 12.1 Å². The van der Waals surface area contributed by atoms with Gasteiger partial charge in [-0.05, 0) is 42.3 Å². The van der Waals surface area contributed by atoms with Gasteiger partial charge < -0.3 is 9.47 Å². The maximum Gasteiger partial charge on any atom is 0.265 e. The summed E-state index contributed by atoms with van der Waals surface area (Å²) >= 11 is 0. The first-order chi connectivity index (χ1) is 12.5. The molecule has 0 atom stereocenters. The Balaban J connectivity index is 1.62. The van der Waals surface area contributed by atoms with E-state index in [-0.39, 0.29) is 18.2 Å². The number of benzene rings is 2. The third-order valence-electron chi connectivity index (χ3n) is 4.59. The van der Waals surface area contributed by atoms with E-state index in [1.165, 1.54) is 28.6 Å². The van der Waals surface area contributed by atoms with Gasteiger partial charge in [-0.2, -0.15) is 0 Å². The van der Waals surface area contributed by atoms with Gasteiger partial charge in [0.15, 0.2) is 11.5 Å². The molecule has 0 saturated carbocycles. The largest absolute Gasteiger partial charge is 0.454 e. The lowest BCUT2D eigenvalue weighted by Crippen LogP contribution is -2.29. The highest BCUT2D eigenvalue weighted by Gasteiger charge is 2.33. The first-order valence-corrected chi connectivity index (χ1v) is 9.48. The van der Waals surface area contributed by atoms with Gasteiger partial charge in [0.05, 0.1) is 10.4 Å². The Hall–Kier alpha value is -2.87. The van der Waals surface area contributed by atoms with E-state index < -0.39 is 15.8 Å². The number of anilines is 1. The highest BCUT2D eigenvalue weighted by atomic mass is 32.2. The summed E-state index contributed by atoms with van der Waals surface area (Å²) in [6.45, 7) is 0.363. The fourth-order valence-electron chi connectivity index (χ4n) is 3.30. The second-order valence-corrected chi connectivity index (χ2v) is 8.01. The highest BCUT2D eigenvalue weighted by molar-refractivity contribution is 7.92. The summed E-state index contributed by atoms with van der Waals surface area (Å²) in [6.07, 6.45) is 0.555. The summed E-state index contributed by atoms with van der Waals surface area (Å²) in [4.78, 5) is 4.52. The molecule has 0 unspecified atom stereocenters. The number of aromatic nitrogens is 1. The summed E-state index contributed by atoms with van der Waals surface area (Å²) in [6, 6.07) is 10.7. The van der Waals surface area contributed by atoms with Crippen molar-refractivity contribution in [3.63, 3.8) is 0 Å². The zero-order chi connectivity index (χ0) is 17.9. The average Bonchev–Trinajstić information content (AvgIpc) is 3.25. The summed E-state index contributed by atoms with van der Waals surface area (Å²) in [5.74, 6) is 0.860. The maximum absolute atomic E-state index is 13.5. The minimum atomic E-state index is -3.81. The van der Waals surface area contributed by atoms with Crippen molar-refractivity contribution in [1.29, 1.82) is 0 Å². The topological polar surface area (TPSA) is 68.7 Å². The number of nitrogens with zero attached hydrogens (tertiary/aromatic N) is 2. The van der Waals surface area contributed by atoms with Crippen molar-refractivity contribution in [2.45, 2.75) is 11.3 Å². The Morgan fingerprint density at radius 3 is 2.77 bits per heavy atom. The van der Waals surface area contributed by atoms with E-state index in [4.69, 9.17) is 9.47 Å². The van der Waals surface area contributed by atoms with Gasteiger partial charge in [-0.15, -0.1) is 0 Å². The van der Waals surface area contributed by atoms with Crippen LogP contribution >= 0.6 is 0 Å². The molecule has 0 N–H and O–H groups in total. The molecule has 3 aromatic rings. The van der Waals surface area contributed by atoms with Crippen LogP contribution in [0.4, 0.5) is 10.2 Å². The lowest BCUT2D eigenvalue weighted by molar-refractivity contribution is 0.174. The normalized spacial score (nSPS) is 15.5. The predicted octanol–water partition coefficient (Wildman–Crippen LogP) is 2.85. The molecule has 26 heavy (non-hydrogen) atoms. The van der Waals surface area contributed by atoms with Crippen LogP contribution in [-0.4, -0.2) is 26.7 Å². The first kappa shape index (κ1) is 15.4. The van der Waals surface area contributed by atoms with E-state index in [2.05, 4.69) is 4.98 Å². The first-order valence-electron chi connectivity index (χ1n) is 8.04. The van der Waals surface area contributed by atoms with Gasteiger partial charge in [0.25, 0.3) is 10.0 Å². The minimum Gasteiger partial charge on any atom is -0.454 e. The van der Waals surface area contributed by atoms with Crippen LogP contribution in [0.5, 0.6) is 11.5 Å². The number of pyridine rings is 1. The second kappa shape index (κ2) is 5.31. The van der Waals surface area contributed by atoms with Crippen molar-refractivity contribution in [2.24, 2.45) is 0 Å². The van der Waals surface area contributed by atoms with E-state index in [0.717, 1.165) is 10.9 Å². The summed E-state index contributed by atoms with van der Waals surface area (Å²) in [7, 11) is -3.81. The van der Waals surface area contributed by atoms with Crippen molar-refractivity contribution in [1.82, 2.24) is 4.98 Å². The maximum atomic E-state index is 13.5. The average molecular weight is 372 g/mol. The van der Waals surface area contributed by atoms with E-state index in [0.29, 0.717) is 29.3 Å². The van der Waals surface area contributed by atoms with Gasteiger partial charge in [0, 0.05) is 24.1 Å². The third-order valence-corrected chi connectivity index (χ3v) is 6.37. The van der Waals surface area contributed by atoms with Gasteiger partial charge >= 0.3 is 0 Å². The number of sulfonamides is 1. The molecule has 0 saturated heterocycles. The van der Waals surface area contributed by atoms with Gasteiger partial charge in [-0.1, -0.05) is 0 Å². The lowest BCUT2D eigenvalue weighted by Gasteiger charge is -2.19. The molecule has 1 aromatic heterocycles. The predicted molar refractivity (Wildman–Crippen MR) is 92.5 cm³/mol. The van der Waals surface area contributed by atoms with E-state index in [9.17, 15) is 12.8 Å². The molecule has 6 nitrogen and oxygen atoms in total. The quantitative estimate of drug-likeness (QED) is 0.692. The van der Waals surface area contributed by atoms with Crippen molar-refractivity contribution < 1.29 is 22.3 Å². The Morgan fingerprint density at radius 2 is 1.88 bits per heavy atom. The van der Waals surface area contributed by atoms with Gasteiger partial charge in [-0.25, -0.2) is 22.1 Å². The number of halogens is 1. The lowest BCUT2D eigenvalue weighted by atomic mass is 10.1. The van der Waals surface area contributed by atoms with Gasteiger partial charge in [-0.3, -0.25) is 0 Å². The molecular formula is C18H13FN2O4S. The van der Waals surface area contributed by atoms with Crippen LogP contribution in [0.15, 0.2) is 47.4 Å². The number of hydrogen-bond acceptors (Lipinski definition) is 5. The molecular weight excluding hydrogens is 359 g/mol. The Bertz CT molecular complexity index is 1160. The molecule has 5 rings (SSSR count). The Morgan fingerprint density at radius 1 is 1.04 bits per heavy atom. The van der Waals surface area contributed by atoms with Crippen LogP contribution < -0.4 is 13.8 Å². The molecule has 2 aliphatic heterocycles. The van der Waals surface area contributed by atoms with Crippen molar-refractivity contribution >= 4 is 26.7 Å². The zero-order valence-corrected chi connectivity index (χ0v) is 14.3. The minimum absolute atomic E-state index is 0.0739. The van der Waals surface area contributed by atoms with E-state index in [1.807, 2.05) is 6.07 Å². The standard InChI is InChI=1S/C18H13FN2O4S/c19-13-2-1-11-7-12-5-6-21(18(12)20-15(11)8-13)26(22,23)14-3-4-16-17(9-14)25-10-24-16/h1-4,7-9H,5-6,10H2. The monoisotopic (exact) mass is 372 g/mol. The van der Waals surface area contributed by atoms with Gasteiger partial charge in [0.1, 0.15) is 11.6 Å². The summed E-state index contributed by atoms with van der Waals surface area (Å²) in [5.41, 5.74) is 1.25. The molecule has 8 heteroatoms. The molecule has 0 bridgehead atoms. The number of hydrogen-bond donors (Lipinski definition) is 0. The Kier molecular flexibility index (Phi) is 3.14. The molecule has 2 aromatic carbocycles. The third kappa shape index (κ3) is 2.22. The highest BCUT2D eigenvalue weighted by Crippen LogP contribution is 2.37. The number of fused-ring (bicyclic) bond motifs is 3. The summed E-state index contributed by atoms with van der Waals surface area (Å²) < 4.78 is 51.5. The van der Waals surface area contributed by atoms with Crippen LogP contribution in [0.3, 0.4) is 0 Å². The van der Waals surface area contributed by atoms with Crippen molar-refractivity contribution in [3.05, 3.63) is 53.8 Å².